The SMILES string of the molecule is CC1(C)CN(CC(=O)N2CCCC2)c2ccc(S(=O)(=O)Nc3ccc(F)cc3)cc21. The number of benzene rings is 2. The van der Waals surface area contributed by atoms with Crippen LogP contribution in [0.3, 0.4) is 0 Å². The predicted molar refractivity (Wildman–Crippen MR) is 115 cm³/mol. The van der Waals surface area contributed by atoms with Crippen LogP contribution in [0.2, 0.25) is 0 Å². The van der Waals surface area contributed by atoms with Crippen LogP contribution in [-0.2, 0) is 20.2 Å². The standard InChI is InChI=1S/C22H26FN3O3S/c1-22(2)15-26(14-21(27)25-11-3-4-12-25)20-10-9-18(13-19(20)22)30(28,29)24-17-7-5-16(23)6-8-17/h5-10,13,24H,3-4,11-12,14-15H2,1-2H3. The van der Waals surface area contributed by atoms with Crippen LogP contribution in [0.4, 0.5) is 15.8 Å². The quantitative estimate of drug-likeness (QED) is 0.788. The van der Waals surface area contributed by atoms with Crippen molar-refractivity contribution in [2.75, 3.05) is 35.8 Å². The molecule has 0 unspecified atom stereocenters. The number of sulfonamides is 1. The second kappa shape index (κ2) is 7.58. The molecule has 0 aliphatic carbocycles. The summed E-state index contributed by atoms with van der Waals surface area (Å²) in [6.45, 7) is 6.68. The number of hydrogen-bond acceptors (Lipinski definition) is 4. The molecule has 6 nitrogen and oxygen atoms in total. The van der Waals surface area contributed by atoms with Crippen molar-refractivity contribution in [3.05, 3.63) is 53.8 Å². The number of amides is 1. The summed E-state index contributed by atoms with van der Waals surface area (Å²) >= 11 is 0. The third kappa shape index (κ3) is 4.01. The molecule has 2 aromatic rings. The van der Waals surface area contributed by atoms with Crippen molar-refractivity contribution in [2.45, 2.75) is 37.0 Å². The molecule has 1 saturated heterocycles. The van der Waals surface area contributed by atoms with Crippen LogP contribution in [0.5, 0.6) is 0 Å². The van der Waals surface area contributed by atoms with Gasteiger partial charge in [-0.15, -0.1) is 0 Å². The van der Waals surface area contributed by atoms with Crippen molar-refractivity contribution in [2.24, 2.45) is 0 Å². The van der Waals surface area contributed by atoms with Crippen LogP contribution in [0.25, 0.3) is 0 Å². The maximum atomic E-state index is 13.1. The Morgan fingerprint density at radius 2 is 1.77 bits per heavy atom. The molecule has 2 aliphatic heterocycles. The van der Waals surface area contributed by atoms with Gasteiger partial charge in [0, 0.05) is 36.4 Å². The highest BCUT2D eigenvalue weighted by Gasteiger charge is 2.37. The summed E-state index contributed by atoms with van der Waals surface area (Å²) < 4.78 is 41.3. The summed E-state index contributed by atoms with van der Waals surface area (Å²) in [7, 11) is -3.82. The van der Waals surface area contributed by atoms with Gasteiger partial charge in [-0.2, -0.15) is 0 Å². The highest BCUT2D eigenvalue weighted by Crippen LogP contribution is 2.41. The van der Waals surface area contributed by atoms with E-state index in [2.05, 4.69) is 18.6 Å². The summed E-state index contributed by atoms with van der Waals surface area (Å²) in [5.41, 5.74) is 1.81. The van der Waals surface area contributed by atoms with Crippen LogP contribution >= 0.6 is 0 Å². The van der Waals surface area contributed by atoms with E-state index in [0.29, 0.717) is 18.8 Å². The molecule has 8 heteroatoms. The Bertz CT molecular complexity index is 1060. The summed E-state index contributed by atoms with van der Waals surface area (Å²) in [6, 6.07) is 10.2. The Labute approximate surface area is 176 Å². The van der Waals surface area contributed by atoms with Crippen molar-refractivity contribution in [1.29, 1.82) is 0 Å². The molecule has 0 spiro atoms. The second-order valence-corrected chi connectivity index (χ2v) is 10.3. The number of carbonyl (C=O) groups excluding carboxylic acids is 1. The van der Waals surface area contributed by atoms with Crippen molar-refractivity contribution >= 4 is 27.3 Å². The lowest BCUT2D eigenvalue weighted by molar-refractivity contribution is -0.128. The van der Waals surface area contributed by atoms with E-state index in [-0.39, 0.29) is 16.2 Å². The monoisotopic (exact) mass is 431 g/mol. The van der Waals surface area contributed by atoms with Crippen molar-refractivity contribution < 1.29 is 17.6 Å². The number of rotatable bonds is 5. The fourth-order valence-electron chi connectivity index (χ4n) is 4.25. The molecule has 0 atom stereocenters. The largest absolute Gasteiger partial charge is 0.361 e. The van der Waals surface area contributed by atoms with Gasteiger partial charge in [-0.3, -0.25) is 9.52 Å². The van der Waals surface area contributed by atoms with Crippen LogP contribution in [-0.4, -0.2) is 45.4 Å². The summed E-state index contributed by atoms with van der Waals surface area (Å²) in [4.78, 5) is 16.7. The molecule has 0 saturated carbocycles. The number of nitrogens with zero attached hydrogens (tertiary/aromatic N) is 2. The lowest BCUT2D eigenvalue weighted by atomic mass is 9.87. The van der Waals surface area contributed by atoms with E-state index in [1.54, 1.807) is 18.2 Å². The maximum absolute atomic E-state index is 13.1. The molecule has 2 aliphatic rings. The smallest absolute Gasteiger partial charge is 0.261 e. The van der Waals surface area contributed by atoms with E-state index in [1.807, 2.05) is 9.80 Å². The van der Waals surface area contributed by atoms with Gasteiger partial charge in [0.05, 0.1) is 11.4 Å². The van der Waals surface area contributed by atoms with Gasteiger partial charge in [-0.1, -0.05) is 13.8 Å². The van der Waals surface area contributed by atoms with E-state index >= 15 is 0 Å². The molecule has 1 fully saturated rings. The van der Waals surface area contributed by atoms with Gasteiger partial charge in [0.15, 0.2) is 0 Å². The van der Waals surface area contributed by atoms with Gasteiger partial charge in [-0.05, 0) is 60.9 Å². The topological polar surface area (TPSA) is 69.7 Å². The third-order valence-electron chi connectivity index (χ3n) is 5.82. The van der Waals surface area contributed by atoms with Crippen molar-refractivity contribution in [1.82, 2.24) is 4.90 Å². The van der Waals surface area contributed by atoms with Crippen molar-refractivity contribution in [3.8, 4) is 0 Å². The first-order chi connectivity index (χ1) is 14.2. The zero-order chi connectivity index (χ0) is 21.5. The molecule has 2 aromatic carbocycles. The fourth-order valence-corrected chi connectivity index (χ4v) is 5.33. The number of likely N-dealkylation sites (tertiary alicyclic amines) is 1. The van der Waals surface area contributed by atoms with E-state index in [1.165, 1.54) is 24.3 Å². The highest BCUT2D eigenvalue weighted by atomic mass is 32.2. The minimum Gasteiger partial charge on any atom is -0.361 e. The van der Waals surface area contributed by atoms with Gasteiger partial charge in [0.2, 0.25) is 5.91 Å². The number of carbonyl (C=O) groups is 1. The van der Waals surface area contributed by atoms with Gasteiger partial charge in [0.25, 0.3) is 10.0 Å². The van der Waals surface area contributed by atoms with E-state index in [0.717, 1.165) is 37.2 Å². The predicted octanol–water partition coefficient (Wildman–Crippen LogP) is 3.35. The van der Waals surface area contributed by atoms with Crippen LogP contribution < -0.4 is 9.62 Å². The molecule has 30 heavy (non-hydrogen) atoms. The molecular weight excluding hydrogens is 405 g/mol. The second-order valence-electron chi connectivity index (χ2n) is 8.62. The first kappa shape index (κ1) is 20.7. The molecule has 2 heterocycles. The number of anilines is 2. The third-order valence-corrected chi connectivity index (χ3v) is 7.19. The van der Waals surface area contributed by atoms with Crippen LogP contribution in [0.1, 0.15) is 32.3 Å². The minimum atomic E-state index is -3.82. The Morgan fingerprint density at radius 1 is 1.10 bits per heavy atom. The molecule has 1 N–H and O–H groups in total. The summed E-state index contributed by atoms with van der Waals surface area (Å²) in [5.74, 6) is -0.313. The number of hydrogen-bond donors (Lipinski definition) is 1. The van der Waals surface area contributed by atoms with Gasteiger partial charge in [0.1, 0.15) is 5.82 Å². The van der Waals surface area contributed by atoms with Gasteiger partial charge >= 0.3 is 0 Å². The number of fused-ring (bicyclic) bond motifs is 1. The number of halogens is 1. The fraction of sp³-hybridized carbons (Fsp3) is 0.409. The van der Waals surface area contributed by atoms with E-state index in [9.17, 15) is 17.6 Å². The van der Waals surface area contributed by atoms with Gasteiger partial charge < -0.3 is 9.80 Å². The lowest BCUT2D eigenvalue weighted by Gasteiger charge is -2.24. The average Bonchev–Trinajstić information content (AvgIpc) is 3.31. The lowest BCUT2D eigenvalue weighted by Crippen LogP contribution is -2.40. The normalized spacial score (nSPS) is 17.8. The highest BCUT2D eigenvalue weighted by molar-refractivity contribution is 7.92. The van der Waals surface area contributed by atoms with Crippen LogP contribution in [0.15, 0.2) is 47.4 Å². The summed E-state index contributed by atoms with van der Waals surface area (Å²) in [5, 5.41) is 0. The molecule has 0 radical (unpaired) electrons. The van der Waals surface area contributed by atoms with Gasteiger partial charge in [-0.25, -0.2) is 12.8 Å². The first-order valence-electron chi connectivity index (χ1n) is 10.1. The minimum absolute atomic E-state index is 0.117. The molecular formula is C22H26FN3O3S. The molecule has 0 aromatic heterocycles. The molecule has 1 amide bonds. The Morgan fingerprint density at radius 3 is 2.43 bits per heavy atom. The summed E-state index contributed by atoms with van der Waals surface area (Å²) in [6.07, 6.45) is 2.10. The zero-order valence-corrected chi connectivity index (χ0v) is 18.0. The van der Waals surface area contributed by atoms with E-state index < -0.39 is 15.8 Å². The van der Waals surface area contributed by atoms with Crippen molar-refractivity contribution in [3.63, 3.8) is 0 Å². The Hall–Kier alpha value is -2.61. The maximum Gasteiger partial charge on any atom is 0.261 e. The van der Waals surface area contributed by atoms with E-state index in [4.69, 9.17) is 0 Å². The average molecular weight is 432 g/mol. The molecule has 4 rings (SSSR count). The molecule has 160 valence electrons. The number of nitrogens with one attached hydrogen (secondary N) is 1. The van der Waals surface area contributed by atoms with Crippen LogP contribution in [0, 0.1) is 5.82 Å². The first-order valence-corrected chi connectivity index (χ1v) is 11.6. The zero-order valence-electron chi connectivity index (χ0n) is 17.2. The Kier molecular flexibility index (Phi) is 5.22. The molecule has 0 bridgehead atoms. The Balaban J connectivity index is 1.58.